The molecule has 0 saturated heterocycles. The first kappa shape index (κ1) is 25.1. The van der Waals surface area contributed by atoms with Crippen LogP contribution in [0.3, 0.4) is 0 Å². The Kier molecular flexibility index (Phi) is 6.41. The van der Waals surface area contributed by atoms with Crippen molar-refractivity contribution in [2.45, 2.75) is 13.1 Å². The van der Waals surface area contributed by atoms with Crippen LogP contribution in [0, 0.1) is 6.92 Å². The van der Waals surface area contributed by atoms with Gasteiger partial charge in [0.25, 0.3) is 5.91 Å². The number of hydrazine groups is 1. The van der Waals surface area contributed by atoms with Crippen LogP contribution in [0.2, 0.25) is 0 Å². The van der Waals surface area contributed by atoms with Gasteiger partial charge in [-0.25, -0.2) is 9.80 Å². The number of aryl methyl sites for hydroxylation is 1. The molecule has 2 aliphatic heterocycles. The summed E-state index contributed by atoms with van der Waals surface area (Å²) in [7, 11) is 0. The Hall–Kier alpha value is -4.58. The molecule has 0 spiro atoms. The predicted molar refractivity (Wildman–Crippen MR) is 141 cm³/mol. The molecule has 3 amide bonds. The molecule has 38 heavy (non-hydrogen) atoms. The number of amidine groups is 1. The fourth-order valence-corrected chi connectivity index (χ4v) is 4.71. The van der Waals surface area contributed by atoms with Gasteiger partial charge in [0.1, 0.15) is 11.4 Å². The van der Waals surface area contributed by atoms with Crippen molar-refractivity contribution < 1.29 is 22.8 Å². The molecule has 3 N–H and O–H groups in total. The van der Waals surface area contributed by atoms with Gasteiger partial charge in [0, 0.05) is 11.0 Å². The number of allylic oxidation sites excluding steroid dienone is 2. The summed E-state index contributed by atoms with van der Waals surface area (Å²) < 4.78 is 43.1. The summed E-state index contributed by atoms with van der Waals surface area (Å²) in [5.41, 5.74) is 7.70. The number of benzene rings is 3. The third kappa shape index (κ3) is 4.85. The SMILES string of the molecule is Cc1ccc(N(NC(=O)C2=CSC3=NN=C(c4ccc5ccccc5c4)C=C(C(F)(F)F)N23)C(N)=O)cc1. The van der Waals surface area contributed by atoms with Gasteiger partial charge < -0.3 is 5.73 Å². The van der Waals surface area contributed by atoms with Gasteiger partial charge in [-0.15, -0.1) is 10.2 Å². The second kappa shape index (κ2) is 9.71. The molecule has 2 heterocycles. The highest BCUT2D eigenvalue weighted by Gasteiger charge is 2.45. The number of anilines is 1. The number of fused-ring (bicyclic) bond motifs is 2. The van der Waals surface area contributed by atoms with Crippen molar-refractivity contribution in [2.24, 2.45) is 15.9 Å². The number of primary amides is 1. The van der Waals surface area contributed by atoms with Gasteiger partial charge in [-0.2, -0.15) is 13.2 Å². The minimum absolute atomic E-state index is 0.0243. The number of amides is 3. The number of nitrogens with one attached hydrogen (secondary N) is 1. The zero-order chi connectivity index (χ0) is 27.0. The minimum Gasteiger partial charge on any atom is -0.350 e. The first-order valence-electron chi connectivity index (χ1n) is 11.2. The summed E-state index contributed by atoms with van der Waals surface area (Å²) in [6.07, 6.45) is -4.02. The smallest absolute Gasteiger partial charge is 0.350 e. The molecule has 0 saturated carbocycles. The first-order valence-corrected chi connectivity index (χ1v) is 12.1. The maximum absolute atomic E-state index is 14.4. The van der Waals surface area contributed by atoms with Crippen molar-refractivity contribution in [3.8, 4) is 0 Å². The van der Waals surface area contributed by atoms with Crippen LogP contribution in [-0.2, 0) is 4.79 Å². The standard InChI is InChI=1S/C26H19F3N6O2S/c1-15-6-10-19(11-7-15)35(24(30)37)33-23(36)21-14-38-25-32-31-20(13-22(34(21)25)26(27,28)29)18-9-8-16-4-2-3-5-17(16)12-18/h2-14H,1H3,(H2,30,37)(H,33,36). The lowest BCUT2D eigenvalue weighted by Gasteiger charge is -2.27. The molecule has 0 unspecified atom stereocenters. The summed E-state index contributed by atoms with van der Waals surface area (Å²) in [5.74, 6) is -0.994. The number of hydrogen-bond acceptors (Lipinski definition) is 6. The average Bonchev–Trinajstić information content (AvgIpc) is 3.20. The van der Waals surface area contributed by atoms with Gasteiger partial charge in [0.2, 0.25) is 0 Å². The number of urea groups is 1. The quantitative estimate of drug-likeness (QED) is 0.451. The zero-order valence-electron chi connectivity index (χ0n) is 19.7. The van der Waals surface area contributed by atoms with Crippen molar-refractivity contribution in [1.29, 1.82) is 0 Å². The van der Waals surface area contributed by atoms with E-state index in [0.717, 1.165) is 39.2 Å². The molecule has 0 aromatic heterocycles. The van der Waals surface area contributed by atoms with Gasteiger partial charge >= 0.3 is 12.2 Å². The number of nitrogens with zero attached hydrogens (tertiary/aromatic N) is 4. The highest BCUT2D eigenvalue weighted by atomic mass is 32.2. The van der Waals surface area contributed by atoms with Crippen LogP contribution in [-0.4, -0.2) is 33.9 Å². The lowest BCUT2D eigenvalue weighted by atomic mass is 10.0. The van der Waals surface area contributed by atoms with Crippen LogP contribution in [0.15, 0.2) is 99.8 Å². The number of alkyl halides is 3. The molecule has 0 fully saturated rings. The summed E-state index contributed by atoms with van der Waals surface area (Å²) in [4.78, 5) is 25.9. The normalized spacial score (nSPS) is 15.1. The molecule has 3 aromatic carbocycles. The molecule has 2 aliphatic rings. The molecule has 8 nitrogen and oxygen atoms in total. The molecule has 192 valence electrons. The number of carbonyl (C=O) groups is 2. The Morgan fingerprint density at radius 1 is 1.00 bits per heavy atom. The van der Waals surface area contributed by atoms with Crippen molar-refractivity contribution in [3.05, 3.63) is 101 Å². The first-order chi connectivity index (χ1) is 18.1. The Bertz CT molecular complexity index is 1580. The van der Waals surface area contributed by atoms with Crippen LogP contribution < -0.4 is 16.2 Å². The predicted octanol–water partition coefficient (Wildman–Crippen LogP) is 5.17. The lowest BCUT2D eigenvalue weighted by molar-refractivity contribution is -0.120. The maximum atomic E-state index is 14.4. The van der Waals surface area contributed by atoms with E-state index < -0.39 is 29.5 Å². The van der Waals surface area contributed by atoms with Gasteiger partial charge in [-0.1, -0.05) is 65.9 Å². The number of thioether (sulfide) groups is 1. The van der Waals surface area contributed by atoms with E-state index in [1.807, 2.05) is 31.2 Å². The Morgan fingerprint density at radius 3 is 2.39 bits per heavy atom. The summed E-state index contributed by atoms with van der Waals surface area (Å²) >= 11 is 0.799. The highest BCUT2D eigenvalue weighted by Crippen LogP contribution is 2.39. The number of carbonyl (C=O) groups excluding carboxylic acids is 2. The summed E-state index contributed by atoms with van der Waals surface area (Å²) in [6.45, 7) is 1.83. The molecule has 3 aromatic rings. The fourth-order valence-electron chi connectivity index (χ4n) is 3.89. The third-order valence-corrected chi connectivity index (χ3v) is 6.58. The van der Waals surface area contributed by atoms with E-state index in [9.17, 15) is 22.8 Å². The Morgan fingerprint density at radius 2 is 1.71 bits per heavy atom. The van der Waals surface area contributed by atoms with Crippen LogP contribution >= 0.6 is 11.8 Å². The summed E-state index contributed by atoms with van der Waals surface area (Å²) in [5, 5.41) is 11.6. The lowest BCUT2D eigenvalue weighted by Crippen LogP contribution is -2.51. The van der Waals surface area contributed by atoms with Crippen molar-refractivity contribution in [3.63, 3.8) is 0 Å². The number of halogens is 3. The molecule has 0 atom stereocenters. The second-order valence-electron chi connectivity index (χ2n) is 8.36. The van der Waals surface area contributed by atoms with Crippen LogP contribution in [0.1, 0.15) is 11.1 Å². The van der Waals surface area contributed by atoms with Gasteiger partial charge in [0.15, 0.2) is 5.17 Å². The van der Waals surface area contributed by atoms with Crippen molar-refractivity contribution in [1.82, 2.24) is 10.3 Å². The van der Waals surface area contributed by atoms with E-state index >= 15 is 0 Å². The third-order valence-electron chi connectivity index (χ3n) is 5.76. The highest BCUT2D eigenvalue weighted by molar-refractivity contribution is 8.16. The maximum Gasteiger partial charge on any atom is 0.431 e. The molecule has 5 rings (SSSR count). The minimum atomic E-state index is -4.87. The Labute approximate surface area is 219 Å². The van der Waals surface area contributed by atoms with Crippen LogP contribution in [0.5, 0.6) is 0 Å². The van der Waals surface area contributed by atoms with E-state index in [0.29, 0.717) is 10.5 Å². The van der Waals surface area contributed by atoms with Crippen molar-refractivity contribution >= 4 is 51.0 Å². The van der Waals surface area contributed by atoms with E-state index in [2.05, 4.69) is 15.6 Å². The van der Waals surface area contributed by atoms with Gasteiger partial charge in [0.05, 0.1) is 11.4 Å². The van der Waals surface area contributed by atoms with Crippen LogP contribution in [0.4, 0.5) is 23.7 Å². The summed E-state index contributed by atoms with van der Waals surface area (Å²) in [6, 6.07) is 18.0. The van der Waals surface area contributed by atoms with Gasteiger partial charge in [-0.3, -0.25) is 15.1 Å². The van der Waals surface area contributed by atoms with Crippen molar-refractivity contribution in [2.75, 3.05) is 5.01 Å². The monoisotopic (exact) mass is 536 g/mol. The zero-order valence-corrected chi connectivity index (χ0v) is 20.5. The average molecular weight is 537 g/mol. The number of hydrogen-bond donors (Lipinski definition) is 2. The topological polar surface area (TPSA) is 103 Å². The number of rotatable bonds is 3. The Balaban J connectivity index is 1.49. The van der Waals surface area contributed by atoms with Gasteiger partial charge in [-0.05, 0) is 42.0 Å². The molecular formula is C26H19F3N6O2S. The largest absolute Gasteiger partial charge is 0.431 e. The molecule has 12 heteroatoms. The van der Waals surface area contributed by atoms with E-state index in [1.165, 1.54) is 5.41 Å². The van der Waals surface area contributed by atoms with E-state index in [1.54, 1.807) is 42.5 Å². The van der Waals surface area contributed by atoms with Crippen LogP contribution in [0.25, 0.3) is 10.8 Å². The molecule has 0 aliphatic carbocycles. The van der Waals surface area contributed by atoms with E-state index in [-0.39, 0.29) is 16.6 Å². The second-order valence-corrected chi connectivity index (χ2v) is 9.20. The van der Waals surface area contributed by atoms with E-state index in [4.69, 9.17) is 5.73 Å². The number of nitrogens with two attached hydrogens (primary N) is 1. The molecule has 0 bridgehead atoms. The fraction of sp³-hybridized carbons (Fsp3) is 0.0769. The molecular weight excluding hydrogens is 517 g/mol. The molecule has 0 radical (unpaired) electrons.